The van der Waals surface area contributed by atoms with E-state index in [1.807, 2.05) is 24.4 Å². The first-order chi connectivity index (χ1) is 11.7. The van der Waals surface area contributed by atoms with Crippen LogP contribution in [0.15, 0.2) is 30.5 Å². The maximum absolute atomic E-state index is 9.38. The highest BCUT2D eigenvalue weighted by atomic mass is 15.2. The van der Waals surface area contributed by atoms with Crippen LogP contribution >= 0.6 is 0 Å². The number of hydrogen-bond acceptors (Lipinski definition) is 5. The van der Waals surface area contributed by atoms with Gasteiger partial charge in [0.25, 0.3) is 0 Å². The van der Waals surface area contributed by atoms with Crippen LogP contribution in [0.25, 0.3) is 11.3 Å². The molecule has 3 rings (SSSR count). The van der Waals surface area contributed by atoms with Crippen molar-refractivity contribution >= 4 is 5.82 Å². The summed E-state index contributed by atoms with van der Waals surface area (Å²) >= 11 is 0. The first-order valence-electron chi connectivity index (χ1n) is 8.49. The molecule has 0 saturated carbocycles. The molecule has 1 aliphatic rings. The van der Waals surface area contributed by atoms with Crippen LogP contribution in [0, 0.1) is 17.2 Å². The highest BCUT2D eigenvalue weighted by Gasteiger charge is 2.14. The quantitative estimate of drug-likeness (QED) is 0.938. The SMILES string of the molecule is CC(C)Cc1cc(-c2cc(C#N)cc(N3CCNCC3)n2)ccn1. The summed E-state index contributed by atoms with van der Waals surface area (Å²) in [5, 5.41) is 12.7. The van der Waals surface area contributed by atoms with Crippen LogP contribution in [0.4, 0.5) is 5.82 Å². The lowest BCUT2D eigenvalue weighted by Crippen LogP contribution is -2.43. The fraction of sp³-hybridized carbons (Fsp3) is 0.421. The van der Waals surface area contributed by atoms with Gasteiger partial charge in [0.15, 0.2) is 0 Å². The van der Waals surface area contributed by atoms with Gasteiger partial charge in [-0.3, -0.25) is 4.98 Å². The second kappa shape index (κ2) is 7.41. The number of hydrogen-bond donors (Lipinski definition) is 1. The molecule has 5 heteroatoms. The first-order valence-corrected chi connectivity index (χ1v) is 8.49. The average Bonchev–Trinajstić information content (AvgIpc) is 2.61. The largest absolute Gasteiger partial charge is 0.354 e. The van der Waals surface area contributed by atoms with Crippen molar-refractivity contribution in [2.45, 2.75) is 20.3 Å². The minimum atomic E-state index is 0.558. The van der Waals surface area contributed by atoms with E-state index >= 15 is 0 Å². The molecule has 5 nitrogen and oxygen atoms in total. The Morgan fingerprint density at radius 1 is 1.25 bits per heavy atom. The van der Waals surface area contributed by atoms with Gasteiger partial charge in [-0.15, -0.1) is 0 Å². The van der Waals surface area contributed by atoms with Crippen molar-refractivity contribution in [2.75, 3.05) is 31.1 Å². The van der Waals surface area contributed by atoms with Gasteiger partial charge in [0, 0.05) is 43.6 Å². The van der Waals surface area contributed by atoms with Crippen molar-refractivity contribution in [1.29, 1.82) is 5.26 Å². The summed E-state index contributed by atoms with van der Waals surface area (Å²) in [7, 11) is 0. The van der Waals surface area contributed by atoms with E-state index in [2.05, 4.69) is 41.2 Å². The van der Waals surface area contributed by atoms with Gasteiger partial charge in [-0.05, 0) is 36.6 Å². The van der Waals surface area contributed by atoms with Crippen LogP contribution in [0.3, 0.4) is 0 Å². The van der Waals surface area contributed by atoms with Crippen molar-refractivity contribution in [3.63, 3.8) is 0 Å². The van der Waals surface area contributed by atoms with Crippen LogP contribution in [0.2, 0.25) is 0 Å². The normalized spacial score (nSPS) is 14.7. The van der Waals surface area contributed by atoms with Crippen LogP contribution in [0.5, 0.6) is 0 Å². The van der Waals surface area contributed by atoms with Crippen LogP contribution < -0.4 is 10.2 Å². The van der Waals surface area contributed by atoms with E-state index in [9.17, 15) is 5.26 Å². The summed E-state index contributed by atoms with van der Waals surface area (Å²) in [5.74, 6) is 1.44. The van der Waals surface area contributed by atoms with Crippen LogP contribution in [-0.4, -0.2) is 36.1 Å². The van der Waals surface area contributed by atoms with Crippen LogP contribution in [-0.2, 0) is 6.42 Å². The molecule has 0 spiro atoms. The average molecular weight is 321 g/mol. The summed E-state index contributed by atoms with van der Waals surface area (Å²) in [6.45, 7) is 8.09. The lowest BCUT2D eigenvalue weighted by Gasteiger charge is -2.28. The Morgan fingerprint density at radius 3 is 2.75 bits per heavy atom. The van der Waals surface area contributed by atoms with Crippen molar-refractivity contribution < 1.29 is 0 Å². The molecule has 0 atom stereocenters. The van der Waals surface area contributed by atoms with E-state index in [0.717, 1.165) is 55.4 Å². The van der Waals surface area contributed by atoms with Gasteiger partial charge in [0.1, 0.15) is 5.82 Å². The van der Waals surface area contributed by atoms with Gasteiger partial charge < -0.3 is 10.2 Å². The van der Waals surface area contributed by atoms with Gasteiger partial charge in [-0.1, -0.05) is 13.8 Å². The molecule has 1 saturated heterocycles. The first kappa shape index (κ1) is 16.4. The molecule has 1 aliphatic heterocycles. The number of nitrogens with one attached hydrogen (secondary N) is 1. The Morgan fingerprint density at radius 2 is 2.04 bits per heavy atom. The number of nitriles is 1. The van der Waals surface area contributed by atoms with Gasteiger partial charge in [0.2, 0.25) is 0 Å². The van der Waals surface area contributed by atoms with Gasteiger partial charge in [0.05, 0.1) is 17.3 Å². The Hall–Kier alpha value is -2.45. The zero-order valence-corrected chi connectivity index (χ0v) is 14.3. The lowest BCUT2D eigenvalue weighted by atomic mass is 10.0. The lowest BCUT2D eigenvalue weighted by molar-refractivity contribution is 0.585. The predicted octanol–water partition coefficient (Wildman–Crippen LogP) is 2.62. The van der Waals surface area contributed by atoms with Crippen molar-refractivity contribution in [3.05, 3.63) is 41.7 Å². The monoisotopic (exact) mass is 321 g/mol. The second-order valence-corrected chi connectivity index (χ2v) is 6.58. The number of pyridine rings is 2. The maximum Gasteiger partial charge on any atom is 0.130 e. The summed E-state index contributed by atoms with van der Waals surface area (Å²) in [4.78, 5) is 11.5. The second-order valence-electron chi connectivity index (χ2n) is 6.58. The Bertz CT molecular complexity index is 742. The molecule has 0 radical (unpaired) electrons. The van der Waals surface area contributed by atoms with Gasteiger partial charge in [-0.25, -0.2) is 4.98 Å². The van der Waals surface area contributed by atoms with Crippen molar-refractivity contribution in [1.82, 2.24) is 15.3 Å². The van der Waals surface area contributed by atoms with E-state index in [4.69, 9.17) is 4.98 Å². The maximum atomic E-state index is 9.38. The molecule has 0 bridgehead atoms. The van der Waals surface area contributed by atoms with E-state index in [-0.39, 0.29) is 0 Å². The molecule has 1 N–H and O–H groups in total. The van der Waals surface area contributed by atoms with E-state index in [1.54, 1.807) is 0 Å². The highest BCUT2D eigenvalue weighted by molar-refractivity contribution is 5.64. The van der Waals surface area contributed by atoms with Gasteiger partial charge >= 0.3 is 0 Å². The molecule has 0 unspecified atom stereocenters. The summed E-state index contributed by atoms with van der Waals surface area (Å²) in [6.07, 6.45) is 2.77. The summed E-state index contributed by atoms with van der Waals surface area (Å²) in [6, 6.07) is 10.1. The van der Waals surface area contributed by atoms with Crippen molar-refractivity contribution in [3.8, 4) is 17.3 Å². The van der Waals surface area contributed by atoms with E-state index in [0.29, 0.717) is 11.5 Å². The number of rotatable bonds is 4. The third-order valence-corrected chi connectivity index (χ3v) is 4.11. The van der Waals surface area contributed by atoms with Gasteiger partial charge in [-0.2, -0.15) is 5.26 Å². The molecule has 124 valence electrons. The molecule has 0 amide bonds. The third kappa shape index (κ3) is 3.90. The Kier molecular flexibility index (Phi) is 5.07. The molecule has 1 fully saturated rings. The minimum Gasteiger partial charge on any atom is -0.354 e. The predicted molar refractivity (Wildman–Crippen MR) is 95.8 cm³/mol. The topological polar surface area (TPSA) is 64.8 Å². The number of piperazine rings is 1. The fourth-order valence-corrected chi connectivity index (χ4v) is 2.95. The molecular formula is C19H23N5. The standard InChI is InChI=1S/C19H23N5/c1-14(2)9-17-12-16(3-4-22-17)18-10-15(13-20)11-19(23-18)24-7-5-21-6-8-24/h3-4,10-12,14,21H,5-9H2,1-2H3. The van der Waals surface area contributed by atoms with Crippen molar-refractivity contribution in [2.24, 2.45) is 5.92 Å². The third-order valence-electron chi connectivity index (χ3n) is 4.11. The molecule has 0 aliphatic carbocycles. The molecule has 0 aromatic carbocycles. The molecule has 2 aromatic rings. The number of aromatic nitrogens is 2. The molecule has 24 heavy (non-hydrogen) atoms. The molecule has 3 heterocycles. The fourth-order valence-electron chi connectivity index (χ4n) is 2.95. The van der Waals surface area contributed by atoms with E-state index in [1.165, 1.54) is 0 Å². The zero-order chi connectivity index (χ0) is 16.9. The Balaban J connectivity index is 1.96. The number of nitrogens with zero attached hydrogens (tertiary/aromatic N) is 4. The smallest absolute Gasteiger partial charge is 0.130 e. The van der Waals surface area contributed by atoms with Crippen LogP contribution in [0.1, 0.15) is 25.1 Å². The van der Waals surface area contributed by atoms with E-state index < -0.39 is 0 Å². The summed E-state index contributed by atoms with van der Waals surface area (Å²) in [5.41, 5.74) is 3.58. The summed E-state index contributed by atoms with van der Waals surface area (Å²) < 4.78 is 0. The zero-order valence-electron chi connectivity index (χ0n) is 14.3. The Labute approximate surface area is 143 Å². The highest BCUT2D eigenvalue weighted by Crippen LogP contribution is 2.24. The number of anilines is 1. The molecule has 2 aromatic heterocycles. The molecular weight excluding hydrogens is 298 g/mol. The minimum absolute atomic E-state index is 0.558.